The Morgan fingerprint density at radius 2 is 2.20 bits per heavy atom. The number of ether oxygens (including phenoxy) is 2. The number of carbonyl (C=O) groups is 1. The minimum absolute atomic E-state index is 0.214. The van der Waals surface area contributed by atoms with Gasteiger partial charge in [0.25, 0.3) is 0 Å². The summed E-state index contributed by atoms with van der Waals surface area (Å²) in [4.78, 5) is 13.6. The summed E-state index contributed by atoms with van der Waals surface area (Å²) in [7, 11) is 1.32. The number of rotatable bonds is 6. The number of methoxy groups -OCH3 is 1. The lowest BCUT2D eigenvalue weighted by Crippen LogP contribution is -2.37. The molecule has 0 unspecified atom stereocenters. The first-order valence-corrected chi connectivity index (χ1v) is 6.75. The van der Waals surface area contributed by atoms with Crippen molar-refractivity contribution in [1.82, 2.24) is 15.1 Å². The highest BCUT2D eigenvalue weighted by atomic mass is 16.5. The van der Waals surface area contributed by atoms with Crippen molar-refractivity contribution in [1.29, 1.82) is 0 Å². The van der Waals surface area contributed by atoms with Crippen molar-refractivity contribution in [3.05, 3.63) is 17.8 Å². The van der Waals surface area contributed by atoms with Crippen LogP contribution >= 0.6 is 0 Å². The van der Waals surface area contributed by atoms with E-state index in [1.165, 1.54) is 7.11 Å². The molecule has 0 spiro atoms. The predicted molar refractivity (Wildman–Crippen MR) is 73.7 cm³/mol. The van der Waals surface area contributed by atoms with Crippen LogP contribution in [0.25, 0.3) is 0 Å². The Labute approximate surface area is 118 Å². The Kier molecular flexibility index (Phi) is 5.69. The summed E-state index contributed by atoms with van der Waals surface area (Å²) >= 11 is 0. The van der Waals surface area contributed by atoms with Crippen LogP contribution in [0.4, 0.5) is 5.82 Å². The molecule has 1 aromatic heterocycles. The van der Waals surface area contributed by atoms with E-state index in [0.29, 0.717) is 5.82 Å². The first-order chi connectivity index (χ1) is 9.79. The summed E-state index contributed by atoms with van der Waals surface area (Å²) < 4.78 is 9.87. The molecule has 0 atom stereocenters. The van der Waals surface area contributed by atoms with Gasteiger partial charge in [-0.15, -0.1) is 10.2 Å². The largest absolute Gasteiger partial charge is 0.464 e. The summed E-state index contributed by atoms with van der Waals surface area (Å²) in [6.07, 6.45) is 1.03. The molecular formula is C13H20N4O3. The van der Waals surface area contributed by atoms with Gasteiger partial charge in [-0.05, 0) is 25.1 Å². The van der Waals surface area contributed by atoms with Crippen LogP contribution in [0, 0.1) is 0 Å². The van der Waals surface area contributed by atoms with Gasteiger partial charge in [0.2, 0.25) is 0 Å². The van der Waals surface area contributed by atoms with Gasteiger partial charge >= 0.3 is 5.97 Å². The highest BCUT2D eigenvalue weighted by Crippen LogP contribution is 2.04. The quantitative estimate of drug-likeness (QED) is 0.597. The Morgan fingerprint density at radius 3 is 2.85 bits per heavy atom. The molecule has 1 N–H and O–H groups in total. The average molecular weight is 280 g/mol. The van der Waals surface area contributed by atoms with Crippen molar-refractivity contribution in [2.75, 3.05) is 51.8 Å². The van der Waals surface area contributed by atoms with Crippen molar-refractivity contribution >= 4 is 11.8 Å². The third-order valence-electron chi connectivity index (χ3n) is 3.12. The van der Waals surface area contributed by atoms with Crippen LogP contribution in [-0.4, -0.2) is 67.6 Å². The average Bonchev–Trinajstić information content (AvgIpc) is 2.52. The minimum Gasteiger partial charge on any atom is -0.464 e. The lowest BCUT2D eigenvalue weighted by molar-refractivity contribution is 0.0378. The Bertz CT molecular complexity index is 418. The highest BCUT2D eigenvalue weighted by molar-refractivity contribution is 5.86. The zero-order valence-corrected chi connectivity index (χ0v) is 11.7. The second-order valence-corrected chi connectivity index (χ2v) is 4.53. The maximum Gasteiger partial charge on any atom is 0.358 e. The predicted octanol–water partition coefficient (Wildman–Crippen LogP) is 0.397. The SMILES string of the molecule is COC(=O)c1ccc(NCCCN2CCOCC2)nn1. The highest BCUT2D eigenvalue weighted by Gasteiger charge is 2.09. The van der Waals surface area contributed by atoms with Gasteiger partial charge in [-0.25, -0.2) is 4.79 Å². The summed E-state index contributed by atoms with van der Waals surface area (Å²) in [5.74, 6) is 0.191. The zero-order chi connectivity index (χ0) is 14.2. The minimum atomic E-state index is -0.476. The molecule has 1 fully saturated rings. The van der Waals surface area contributed by atoms with Gasteiger partial charge in [-0.1, -0.05) is 0 Å². The lowest BCUT2D eigenvalue weighted by atomic mass is 10.3. The van der Waals surface area contributed by atoms with Gasteiger partial charge in [0.15, 0.2) is 5.69 Å². The summed E-state index contributed by atoms with van der Waals surface area (Å²) in [6, 6.07) is 3.33. The molecule has 0 aliphatic carbocycles. The normalized spacial score (nSPS) is 15.8. The molecular weight excluding hydrogens is 260 g/mol. The van der Waals surface area contributed by atoms with Crippen LogP contribution in [0.5, 0.6) is 0 Å². The van der Waals surface area contributed by atoms with E-state index in [0.717, 1.165) is 45.8 Å². The van der Waals surface area contributed by atoms with E-state index in [1.807, 2.05) is 0 Å². The Morgan fingerprint density at radius 1 is 1.40 bits per heavy atom. The molecule has 0 bridgehead atoms. The maximum absolute atomic E-state index is 11.2. The van der Waals surface area contributed by atoms with Crippen molar-refractivity contribution in [3.63, 3.8) is 0 Å². The number of esters is 1. The molecule has 1 aliphatic heterocycles. The van der Waals surface area contributed by atoms with Crippen molar-refractivity contribution in [2.24, 2.45) is 0 Å². The molecule has 7 heteroatoms. The van der Waals surface area contributed by atoms with Gasteiger partial charge in [-0.2, -0.15) is 0 Å². The fourth-order valence-corrected chi connectivity index (χ4v) is 1.98. The second kappa shape index (κ2) is 7.76. The molecule has 1 aliphatic rings. The first kappa shape index (κ1) is 14.7. The summed E-state index contributed by atoms with van der Waals surface area (Å²) in [5.41, 5.74) is 0.214. The van der Waals surface area contributed by atoms with Crippen molar-refractivity contribution in [3.8, 4) is 0 Å². The standard InChI is InChI=1S/C13H20N4O3/c1-19-13(18)11-3-4-12(16-15-11)14-5-2-6-17-7-9-20-10-8-17/h3-4H,2,5-10H2,1H3,(H,14,16). The first-order valence-electron chi connectivity index (χ1n) is 6.75. The fraction of sp³-hybridized carbons (Fsp3) is 0.615. The van der Waals surface area contributed by atoms with Gasteiger partial charge in [0.05, 0.1) is 20.3 Å². The number of hydrogen-bond acceptors (Lipinski definition) is 7. The van der Waals surface area contributed by atoms with Crippen LogP contribution in [0.15, 0.2) is 12.1 Å². The van der Waals surface area contributed by atoms with Crippen molar-refractivity contribution in [2.45, 2.75) is 6.42 Å². The van der Waals surface area contributed by atoms with E-state index in [1.54, 1.807) is 12.1 Å². The Hall–Kier alpha value is -1.73. The molecule has 0 radical (unpaired) electrons. The number of carbonyl (C=O) groups excluding carboxylic acids is 1. The van der Waals surface area contributed by atoms with Crippen LogP contribution in [0.2, 0.25) is 0 Å². The Balaban J connectivity index is 1.67. The number of aromatic nitrogens is 2. The second-order valence-electron chi connectivity index (χ2n) is 4.53. The lowest BCUT2D eigenvalue weighted by Gasteiger charge is -2.26. The summed E-state index contributed by atoms with van der Waals surface area (Å²) in [6.45, 7) is 5.54. The van der Waals surface area contributed by atoms with Gasteiger partial charge in [0, 0.05) is 19.6 Å². The molecule has 1 aromatic rings. The van der Waals surface area contributed by atoms with Gasteiger partial charge < -0.3 is 14.8 Å². The maximum atomic E-state index is 11.2. The topological polar surface area (TPSA) is 76.6 Å². The fourth-order valence-electron chi connectivity index (χ4n) is 1.98. The number of morpholine rings is 1. The van der Waals surface area contributed by atoms with Crippen LogP contribution in [-0.2, 0) is 9.47 Å². The number of nitrogens with one attached hydrogen (secondary N) is 1. The molecule has 2 heterocycles. The zero-order valence-electron chi connectivity index (χ0n) is 11.7. The van der Waals surface area contributed by atoms with Crippen LogP contribution in [0.1, 0.15) is 16.9 Å². The monoisotopic (exact) mass is 280 g/mol. The van der Waals surface area contributed by atoms with E-state index < -0.39 is 5.97 Å². The third kappa shape index (κ3) is 4.43. The smallest absolute Gasteiger partial charge is 0.358 e. The number of hydrogen-bond donors (Lipinski definition) is 1. The number of anilines is 1. The van der Waals surface area contributed by atoms with E-state index in [-0.39, 0.29) is 5.69 Å². The van der Waals surface area contributed by atoms with Crippen LogP contribution < -0.4 is 5.32 Å². The molecule has 7 nitrogen and oxygen atoms in total. The molecule has 0 aromatic carbocycles. The molecule has 20 heavy (non-hydrogen) atoms. The number of nitrogens with zero attached hydrogens (tertiary/aromatic N) is 3. The van der Waals surface area contributed by atoms with E-state index in [2.05, 4.69) is 25.2 Å². The summed E-state index contributed by atoms with van der Waals surface area (Å²) in [5, 5.41) is 10.9. The van der Waals surface area contributed by atoms with Crippen LogP contribution in [0.3, 0.4) is 0 Å². The third-order valence-corrected chi connectivity index (χ3v) is 3.12. The van der Waals surface area contributed by atoms with E-state index in [4.69, 9.17) is 4.74 Å². The van der Waals surface area contributed by atoms with Gasteiger partial charge in [0.1, 0.15) is 5.82 Å². The molecule has 0 amide bonds. The molecule has 2 rings (SSSR count). The molecule has 1 saturated heterocycles. The molecule has 0 saturated carbocycles. The molecule has 110 valence electrons. The van der Waals surface area contributed by atoms with Crippen molar-refractivity contribution < 1.29 is 14.3 Å². The van der Waals surface area contributed by atoms with Gasteiger partial charge in [-0.3, -0.25) is 4.90 Å². The van der Waals surface area contributed by atoms with E-state index in [9.17, 15) is 4.79 Å². The van der Waals surface area contributed by atoms with E-state index >= 15 is 0 Å².